The third-order valence-electron chi connectivity index (χ3n) is 3.41. The summed E-state index contributed by atoms with van der Waals surface area (Å²) in [5, 5.41) is 3.24. The fourth-order valence-corrected chi connectivity index (χ4v) is 3.46. The van der Waals surface area contributed by atoms with Crippen molar-refractivity contribution in [1.29, 1.82) is 0 Å². The van der Waals surface area contributed by atoms with E-state index in [1.807, 2.05) is 0 Å². The van der Waals surface area contributed by atoms with Gasteiger partial charge in [-0.1, -0.05) is 11.3 Å². The molecule has 2 amide bonds. The Morgan fingerprint density at radius 2 is 2.26 bits per heavy atom. The molecule has 0 atom stereocenters. The minimum Gasteiger partial charge on any atom is -0.337 e. The van der Waals surface area contributed by atoms with Crippen LogP contribution in [0.15, 0.2) is 18.6 Å². The Hall–Kier alpha value is -2.06. The van der Waals surface area contributed by atoms with E-state index >= 15 is 0 Å². The molecule has 0 aliphatic carbocycles. The lowest BCUT2D eigenvalue weighted by Crippen LogP contribution is -2.35. The molecule has 23 heavy (non-hydrogen) atoms. The normalized spacial score (nSPS) is 13.5. The highest BCUT2D eigenvalue weighted by Gasteiger charge is 2.24. The van der Waals surface area contributed by atoms with Gasteiger partial charge >= 0.3 is 0 Å². The Morgan fingerprint density at radius 1 is 1.39 bits per heavy atom. The number of hydrogen-bond donors (Lipinski definition) is 1. The third kappa shape index (κ3) is 3.65. The van der Waals surface area contributed by atoms with Crippen molar-refractivity contribution in [1.82, 2.24) is 19.9 Å². The van der Waals surface area contributed by atoms with Crippen molar-refractivity contribution in [3.05, 3.63) is 34.9 Å². The second-order valence-corrected chi connectivity index (χ2v) is 6.40. The van der Waals surface area contributed by atoms with Crippen LogP contribution in [0.4, 0.5) is 5.13 Å². The van der Waals surface area contributed by atoms with Gasteiger partial charge < -0.3 is 4.90 Å². The third-order valence-corrected chi connectivity index (χ3v) is 4.60. The first-order valence-electron chi connectivity index (χ1n) is 7.07. The van der Waals surface area contributed by atoms with Crippen LogP contribution in [-0.4, -0.2) is 44.1 Å². The summed E-state index contributed by atoms with van der Waals surface area (Å²) in [6.07, 6.45) is 5.38. The van der Waals surface area contributed by atoms with Gasteiger partial charge in [-0.15, -0.1) is 11.6 Å². The summed E-state index contributed by atoms with van der Waals surface area (Å²) in [5.74, 6) is 0.0214. The Labute approximate surface area is 141 Å². The number of nitrogens with one attached hydrogen (secondary N) is 1. The van der Waals surface area contributed by atoms with Crippen LogP contribution in [0.25, 0.3) is 0 Å². The first kappa shape index (κ1) is 15.8. The number of halogens is 1. The monoisotopic (exact) mass is 351 g/mol. The van der Waals surface area contributed by atoms with E-state index in [1.54, 1.807) is 4.90 Å². The van der Waals surface area contributed by atoms with Gasteiger partial charge in [0, 0.05) is 42.5 Å². The van der Waals surface area contributed by atoms with Gasteiger partial charge in [0.1, 0.15) is 5.69 Å². The molecule has 2 aromatic heterocycles. The number of carbonyl (C=O) groups is 2. The molecule has 0 aromatic carbocycles. The maximum atomic E-state index is 12.1. The lowest BCUT2D eigenvalue weighted by Gasteiger charge is -2.25. The SMILES string of the molecule is O=C(Nc1nc2c(s1)CN(C(=O)CCCl)CC2)c1cnccn1. The van der Waals surface area contributed by atoms with Crippen LogP contribution in [0.3, 0.4) is 0 Å². The quantitative estimate of drug-likeness (QED) is 0.847. The molecule has 1 N–H and O–H groups in total. The molecule has 3 heterocycles. The lowest BCUT2D eigenvalue weighted by molar-refractivity contribution is -0.131. The van der Waals surface area contributed by atoms with Crippen molar-refractivity contribution in [2.24, 2.45) is 0 Å². The minimum atomic E-state index is -0.348. The average molecular weight is 352 g/mol. The molecule has 0 saturated carbocycles. The second-order valence-electron chi connectivity index (χ2n) is 4.94. The van der Waals surface area contributed by atoms with Crippen LogP contribution in [-0.2, 0) is 17.8 Å². The minimum absolute atomic E-state index is 0.0456. The zero-order valence-electron chi connectivity index (χ0n) is 12.2. The van der Waals surface area contributed by atoms with E-state index in [0.717, 1.165) is 10.6 Å². The summed E-state index contributed by atoms with van der Waals surface area (Å²) >= 11 is 7.00. The average Bonchev–Trinajstić information content (AvgIpc) is 2.97. The number of rotatable bonds is 4. The zero-order chi connectivity index (χ0) is 16.2. The van der Waals surface area contributed by atoms with Crippen LogP contribution in [0.1, 0.15) is 27.5 Å². The summed E-state index contributed by atoms with van der Waals surface area (Å²) in [5.41, 5.74) is 1.17. The van der Waals surface area contributed by atoms with E-state index in [9.17, 15) is 9.59 Å². The standard InChI is InChI=1S/C14H14ClN5O2S/c15-3-1-12(21)20-6-2-9-11(8-20)23-14(18-9)19-13(22)10-7-16-4-5-17-10/h4-5,7H,1-3,6,8H2,(H,18,19,22). The molecule has 0 spiro atoms. The predicted octanol–water partition coefficient (Wildman–Crippen LogP) is 1.70. The number of anilines is 1. The van der Waals surface area contributed by atoms with Crippen molar-refractivity contribution >= 4 is 39.9 Å². The molecule has 7 nitrogen and oxygen atoms in total. The lowest BCUT2D eigenvalue weighted by atomic mass is 10.1. The molecule has 120 valence electrons. The van der Waals surface area contributed by atoms with E-state index in [-0.39, 0.29) is 17.5 Å². The molecule has 0 radical (unpaired) electrons. The van der Waals surface area contributed by atoms with Crippen molar-refractivity contribution in [2.75, 3.05) is 17.7 Å². The maximum absolute atomic E-state index is 12.1. The van der Waals surface area contributed by atoms with Crippen LogP contribution in [0.2, 0.25) is 0 Å². The van der Waals surface area contributed by atoms with Gasteiger partial charge in [0.15, 0.2) is 5.13 Å². The van der Waals surface area contributed by atoms with Gasteiger partial charge in [-0.25, -0.2) is 9.97 Å². The van der Waals surface area contributed by atoms with Crippen LogP contribution < -0.4 is 5.32 Å². The molecular weight excluding hydrogens is 338 g/mol. The smallest absolute Gasteiger partial charge is 0.277 e. The van der Waals surface area contributed by atoms with Gasteiger partial charge in [-0.2, -0.15) is 0 Å². The number of fused-ring (bicyclic) bond motifs is 1. The zero-order valence-corrected chi connectivity index (χ0v) is 13.7. The molecule has 1 aliphatic heterocycles. The molecule has 9 heteroatoms. The summed E-state index contributed by atoms with van der Waals surface area (Å²) in [6.45, 7) is 1.15. The predicted molar refractivity (Wildman–Crippen MR) is 86.6 cm³/mol. The van der Waals surface area contributed by atoms with E-state index in [1.165, 1.54) is 29.9 Å². The summed E-state index contributed by atoms with van der Waals surface area (Å²) in [6, 6.07) is 0. The first-order chi connectivity index (χ1) is 11.2. The Kier molecular flexibility index (Phi) is 4.82. The van der Waals surface area contributed by atoms with Gasteiger partial charge in [0.05, 0.1) is 18.4 Å². The molecule has 0 bridgehead atoms. The molecule has 3 rings (SSSR count). The number of carbonyl (C=O) groups excluding carboxylic acids is 2. The van der Waals surface area contributed by atoms with Gasteiger partial charge in [0.2, 0.25) is 5.91 Å². The molecule has 2 aromatic rings. The molecule has 0 saturated heterocycles. The molecular formula is C14H14ClN5O2S. The van der Waals surface area contributed by atoms with E-state index in [4.69, 9.17) is 11.6 Å². The van der Waals surface area contributed by atoms with Crippen molar-refractivity contribution in [3.8, 4) is 0 Å². The number of hydrogen-bond acceptors (Lipinski definition) is 6. The van der Waals surface area contributed by atoms with E-state index in [0.29, 0.717) is 36.9 Å². The van der Waals surface area contributed by atoms with E-state index in [2.05, 4.69) is 20.3 Å². The first-order valence-corrected chi connectivity index (χ1v) is 8.42. The number of nitrogens with zero attached hydrogens (tertiary/aromatic N) is 4. The summed E-state index contributed by atoms with van der Waals surface area (Å²) in [4.78, 5) is 39.0. The Bertz CT molecular complexity index is 721. The Morgan fingerprint density at radius 3 is 3.00 bits per heavy atom. The van der Waals surface area contributed by atoms with Gasteiger partial charge in [-0.3, -0.25) is 19.9 Å². The number of alkyl halides is 1. The van der Waals surface area contributed by atoms with Gasteiger partial charge in [0.25, 0.3) is 5.91 Å². The van der Waals surface area contributed by atoms with Crippen LogP contribution in [0.5, 0.6) is 0 Å². The summed E-state index contributed by atoms with van der Waals surface area (Å²) < 4.78 is 0. The van der Waals surface area contributed by atoms with Crippen molar-refractivity contribution in [3.63, 3.8) is 0 Å². The molecule has 1 aliphatic rings. The fraction of sp³-hybridized carbons (Fsp3) is 0.357. The highest BCUT2D eigenvalue weighted by Crippen LogP contribution is 2.28. The number of aromatic nitrogens is 3. The molecule has 0 fully saturated rings. The second kappa shape index (κ2) is 7.01. The summed E-state index contributed by atoms with van der Waals surface area (Å²) in [7, 11) is 0. The molecule has 0 unspecified atom stereocenters. The largest absolute Gasteiger partial charge is 0.337 e. The maximum Gasteiger partial charge on any atom is 0.277 e. The number of thiazole rings is 1. The fourth-order valence-electron chi connectivity index (χ4n) is 2.28. The van der Waals surface area contributed by atoms with Crippen molar-refractivity contribution in [2.45, 2.75) is 19.4 Å². The topological polar surface area (TPSA) is 88.1 Å². The number of amides is 2. The van der Waals surface area contributed by atoms with Crippen LogP contribution >= 0.6 is 22.9 Å². The van der Waals surface area contributed by atoms with Crippen molar-refractivity contribution < 1.29 is 9.59 Å². The van der Waals surface area contributed by atoms with E-state index < -0.39 is 0 Å². The highest BCUT2D eigenvalue weighted by molar-refractivity contribution is 7.15. The van der Waals surface area contributed by atoms with Crippen LogP contribution in [0, 0.1) is 0 Å². The Balaban J connectivity index is 1.69. The highest BCUT2D eigenvalue weighted by atomic mass is 35.5. The van der Waals surface area contributed by atoms with Gasteiger partial charge in [-0.05, 0) is 0 Å².